The van der Waals surface area contributed by atoms with E-state index >= 15 is 0 Å². The maximum atomic E-state index is 11.4. The summed E-state index contributed by atoms with van der Waals surface area (Å²) in [6.07, 6.45) is 6.74. The van der Waals surface area contributed by atoms with Gasteiger partial charge in [-0.05, 0) is 80.3 Å². The van der Waals surface area contributed by atoms with Crippen molar-refractivity contribution in [2.75, 3.05) is 41.7 Å². The van der Waals surface area contributed by atoms with E-state index in [1.165, 1.54) is 19.3 Å². The van der Waals surface area contributed by atoms with Crippen LogP contribution < -0.4 is 20.9 Å². The molecule has 3 saturated carbocycles. The fourth-order valence-corrected chi connectivity index (χ4v) is 6.90. The molecule has 10 heteroatoms. The van der Waals surface area contributed by atoms with Gasteiger partial charge in [0.05, 0.1) is 10.6 Å². The van der Waals surface area contributed by atoms with Gasteiger partial charge in [-0.2, -0.15) is 15.0 Å². The van der Waals surface area contributed by atoms with Crippen molar-refractivity contribution in [1.29, 1.82) is 0 Å². The molecule has 2 aliphatic heterocycles. The molecule has 0 amide bonds. The monoisotopic (exact) mass is 492 g/mol. The van der Waals surface area contributed by atoms with Gasteiger partial charge in [0.25, 0.3) is 5.69 Å². The summed E-state index contributed by atoms with van der Waals surface area (Å²) in [4.78, 5) is 27.4. The van der Waals surface area contributed by atoms with Crippen molar-refractivity contribution < 1.29 is 4.92 Å². The molecule has 0 unspecified atom stereocenters. The Morgan fingerprint density at radius 2 is 1.94 bits per heavy atom. The zero-order valence-electron chi connectivity index (χ0n) is 21.2. The Kier molecular flexibility index (Phi) is 5.94. The summed E-state index contributed by atoms with van der Waals surface area (Å²) in [6, 6.07) is 5.37. The van der Waals surface area contributed by atoms with Crippen LogP contribution in [-0.2, 0) is 6.42 Å². The van der Waals surface area contributed by atoms with Crippen molar-refractivity contribution >= 4 is 29.2 Å². The summed E-state index contributed by atoms with van der Waals surface area (Å²) in [5, 5.41) is 21.9. The van der Waals surface area contributed by atoms with Gasteiger partial charge in [0.2, 0.25) is 17.8 Å². The first kappa shape index (κ1) is 23.4. The quantitative estimate of drug-likeness (QED) is 0.387. The van der Waals surface area contributed by atoms with E-state index in [4.69, 9.17) is 15.0 Å². The van der Waals surface area contributed by atoms with E-state index in [2.05, 4.69) is 29.8 Å². The molecule has 0 radical (unpaired) electrons. The predicted octanol–water partition coefficient (Wildman–Crippen LogP) is 4.12. The van der Waals surface area contributed by atoms with Gasteiger partial charge in [0.1, 0.15) is 0 Å². The second kappa shape index (κ2) is 9.14. The number of nitrogens with zero attached hydrogens (tertiary/aromatic N) is 5. The lowest BCUT2D eigenvalue weighted by Crippen LogP contribution is -2.53. The third-order valence-corrected chi connectivity index (χ3v) is 9.24. The number of aromatic nitrogens is 3. The number of non-ortho nitro benzene ring substituents is 1. The van der Waals surface area contributed by atoms with Crippen molar-refractivity contribution in [3.63, 3.8) is 0 Å². The predicted molar refractivity (Wildman–Crippen MR) is 140 cm³/mol. The van der Waals surface area contributed by atoms with E-state index in [9.17, 15) is 10.1 Å². The molecule has 5 aliphatic rings. The molecule has 3 atom stereocenters. The standard InChI is InChI=1S/C26H36N8O2/c1-26(2)18-5-3-17(21(26)13-18)15-28-23-30-24(29-19-7-10-27-11-8-19)32-25(31-23)33-12-9-16-4-6-20(34(35)36)14-22(16)33/h4,6,14,17-19,21,27H,3,5,7-13,15H2,1-2H3,(H2,28,29,30,31,32)/t17-,18+,21+/m0/s1. The largest absolute Gasteiger partial charge is 0.354 e. The third kappa shape index (κ3) is 4.25. The Bertz CT molecular complexity index is 1150. The Labute approximate surface area is 211 Å². The van der Waals surface area contributed by atoms with Gasteiger partial charge >= 0.3 is 0 Å². The number of nitro benzene ring substituents is 1. The molecule has 2 aromatic rings. The Morgan fingerprint density at radius 1 is 1.14 bits per heavy atom. The highest BCUT2D eigenvalue weighted by Crippen LogP contribution is 2.61. The molecular weight excluding hydrogens is 456 g/mol. The Hall–Kier alpha value is -3.01. The molecule has 3 N–H and O–H groups in total. The van der Waals surface area contributed by atoms with Crippen LogP contribution in [0.2, 0.25) is 0 Å². The maximum Gasteiger partial charge on any atom is 0.271 e. The number of piperidine rings is 1. The fourth-order valence-electron chi connectivity index (χ4n) is 6.90. The van der Waals surface area contributed by atoms with Crippen molar-refractivity contribution in [1.82, 2.24) is 20.3 Å². The number of anilines is 4. The number of rotatable bonds is 7. The Morgan fingerprint density at radius 3 is 2.69 bits per heavy atom. The van der Waals surface area contributed by atoms with Gasteiger partial charge < -0.3 is 20.9 Å². The van der Waals surface area contributed by atoms with Crippen molar-refractivity contribution in [2.24, 2.45) is 23.2 Å². The topological polar surface area (TPSA) is 121 Å². The smallest absolute Gasteiger partial charge is 0.271 e. The van der Waals surface area contributed by atoms with Crippen LogP contribution in [0.4, 0.5) is 29.2 Å². The summed E-state index contributed by atoms with van der Waals surface area (Å²) in [5.41, 5.74) is 2.40. The number of fused-ring (bicyclic) bond motifs is 3. The number of nitro groups is 1. The van der Waals surface area contributed by atoms with Crippen LogP contribution in [0.15, 0.2) is 18.2 Å². The summed E-state index contributed by atoms with van der Waals surface area (Å²) < 4.78 is 0. The normalized spacial score (nSPS) is 26.7. The average Bonchev–Trinajstić information content (AvgIpc) is 3.31. The van der Waals surface area contributed by atoms with Crippen molar-refractivity contribution in [2.45, 2.75) is 58.4 Å². The van der Waals surface area contributed by atoms with Crippen molar-refractivity contribution in [3.8, 4) is 0 Å². The van der Waals surface area contributed by atoms with Crippen LogP contribution >= 0.6 is 0 Å². The molecule has 3 aliphatic carbocycles. The molecule has 1 aromatic carbocycles. The molecule has 10 nitrogen and oxygen atoms in total. The summed E-state index contributed by atoms with van der Waals surface area (Å²) >= 11 is 0. The van der Waals surface area contributed by atoms with Crippen LogP contribution in [0.3, 0.4) is 0 Å². The minimum Gasteiger partial charge on any atom is -0.354 e. The Balaban J connectivity index is 1.27. The molecular formula is C26H36N8O2. The minimum atomic E-state index is -0.349. The first-order valence-corrected chi connectivity index (χ1v) is 13.4. The second-order valence-electron chi connectivity index (χ2n) is 11.5. The lowest BCUT2D eigenvalue weighted by molar-refractivity contribution is -0.384. The van der Waals surface area contributed by atoms with E-state index in [0.29, 0.717) is 41.8 Å². The van der Waals surface area contributed by atoms with Gasteiger partial charge in [0, 0.05) is 31.3 Å². The van der Waals surface area contributed by atoms with E-state index in [1.54, 1.807) is 12.1 Å². The first-order valence-electron chi connectivity index (χ1n) is 13.4. The van der Waals surface area contributed by atoms with Gasteiger partial charge in [0.15, 0.2) is 0 Å². The van der Waals surface area contributed by atoms with Crippen LogP contribution in [0.5, 0.6) is 0 Å². The fraction of sp³-hybridized carbons (Fsp3) is 0.654. The molecule has 1 saturated heterocycles. The second-order valence-corrected chi connectivity index (χ2v) is 11.5. The third-order valence-electron chi connectivity index (χ3n) is 9.24. The number of benzene rings is 1. The summed E-state index contributed by atoms with van der Waals surface area (Å²) in [6.45, 7) is 8.34. The summed E-state index contributed by atoms with van der Waals surface area (Å²) in [5.74, 6) is 3.94. The first-order chi connectivity index (χ1) is 17.4. The minimum absolute atomic E-state index is 0.0832. The van der Waals surface area contributed by atoms with Gasteiger partial charge in [-0.15, -0.1) is 0 Å². The van der Waals surface area contributed by atoms with E-state index in [-0.39, 0.29) is 10.6 Å². The SMILES string of the molecule is CC1(C)[C@@H]2CC[C@@H](CNc3nc(NC4CCNCC4)nc(N4CCc5ccc([N+](=O)[O-])cc54)n3)[C@H]1C2. The molecule has 2 bridgehead atoms. The van der Waals surface area contributed by atoms with E-state index in [0.717, 1.165) is 62.0 Å². The zero-order valence-corrected chi connectivity index (χ0v) is 21.2. The zero-order chi connectivity index (χ0) is 24.9. The lowest BCUT2D eigenvalue weighted by Gasteiger charge is -2.60. The highest BCUT2D eigenvalue weighted by Gasteiger charge is 2.53. The van der Waals surface area contributed by atoms with Crippen molar-refractivity contribution in [3.05, 3.63) is 33.9 Å². The summed E-state index contributed by atoms with van der Waals surface area (Å²) in [7, 11) is 0. The highest BCUT2D eigenvalue weighted by molar-refractivity contribution is 5.69. The molecule has 3 heterocycles. The molecule has 36 heavy (non-hydrogen) atoms. The molecule has 4 fully saturated rings. The molecule has 0 spiro atoms. The molecule has 192 valence electrons. The maximum absolute atomic E-state index is 11.4. The number of hydrogen-bond donors (Lipinski definition) is 3. The molecule has 7 rings (SSSR count). The van der Waals surface area contributed by atoms with Crippen LogP contribution in [-0.4, -0.2) is 52.1 Å². The lowest BCUT2D eigenvalue weighted by atomic mass is 9.45. The highest BCUT2D eigenvalue weighted by atomic mass is 16.6. The number of nitrogens with one attached hydrogen (secondary N) is 3. The van der Waals surface area contributed by atoms with Crippen LogP contribution in [0.1, 0.15) is 51.5 Å². The van der Waals surface area contributed by atoms with Gasteiger partial charge in [-0.25, -0.2) is 0 Å². The average molecular weight is 493 g/mol. The van der Waals surface area contributed by atoms with E-state index < -0.39 is 0 Å². The van der Waals surface area contributed by atoms with Gasteiger partial charge in [-0.1, -0.05) is 19.9 Å². The molecule has 1 aromatic heterocycles. The van der Waals surface area contributed by atoms with Crippen LogP contribution in [0, 0.1) is 33.3 Å². The van der Waals surface area contributed by atoms with E-state index in [1.807, 2.05) is 11.0 Å². The van der Waals surface area contributed by atoms with Gasteiger partial charge in [-0.3, -0.25) is 10.1 Å². The number of hydrogen-bond acceptors (Lipinski definition) is 9. The van der Waals surface area contributed by atoms with Crippen LogP contribution in [0.25, 0.3) is 0 Å².